The third-order valence-electron chi connectivity index (χ3n) is 6.37. The van der Waals surface area contributed by atoms with Crippen LogP contribution in [-0.4, -0.2) is 46.8 Å². The lowest BCUT2D eigenvalue weighted by molar-refractivity contribution is 0.0453. The van der Waals surface area contributed by atoms with Crippen LogP contribution in [-0.2, 0) is 4.74 Å². The Bertz CT molecular complexity index is 1600. The largest absolute Gasteiger partial charge is 0.444 e. The summed E-state index contributed by atoms with van der Waals surface area (Å²) in [7, 11) is 0. The molecule has 8 nitrogen and oxygen atoms in total. The summed E-state index contributed by atoms with van der Waals surface area (Å²) < 4.78 is 25.2. The van der Waals surface area contributed by atoms with E-state index in [0.717, 1.165) is 28.7 Å². The predicted molar refractivity (Wildman–Crippen MR) is 147 cm³/mol. The van der Waals surface area contributed by atoms with E-state index in [1.165, 1.54) is 23.5 Å². The number of likely N-dealkylation sites (tertiary alicyclic amines) is 1. The number of nitrogens with one attached hydrogen (secondary N) is 1. The van der Waals surface area contributed by atoms with Crippen LogP contribution in [0.15, 0.2) is 53.2 Å². The summed E-state index contributed by atoms with van der Waals surface area (Å²) in [5, 5.41) is 7.53. The molecule has 0 bridgehead atoms. The van der Waals surface area contributed by atoms with Gasteiger partial charge in [-0.15, -0.1) is 11.3 Å². The third-order valence-corrected chi connectivity index (χ3v) is 7.54. The van der Waals surface area contributed by atoms with Gasteiger partial charge in [0.25, 0.3) is 5.91 Å². The van der Waals surface area contributed by atoms with E-state index in [0.29, 0.717) is 34.7 Å². The Labute approximate surface area is 229 Å². The molecule has 1 N–H and O–H groups in total. The summed E-state index contributed by atoms with van der Waals surface area (Å²) in [6.45, 7) is 13.5. The molecule has 0 aliphatic carbocycles. The fourth-order valence-electron chi connectivity index (χ4n) is 4.61. The Morgan fingerprint density at radius 3 is 2.74 bits per heavy atom. The number of hydrogen-bond donors (Lipinski definition) is 1. The summed E-state index contributed by atoms with van der Waals surface area (Å²) in [6, 6.07) is 11.6. The van der Waals surface area contributed by atoms with Crippen LogP contribution in [0.1, 0.15) is 43.3 Å². The van der Waals surface area contributed by atoms with Crippen LogP contribution in [0.5, 0.6) is 0 Å². The van der Waals surface area contributed by atoms with E-state index in [4.69, 9.17) is 15.8 Å². The highest BCUT2D eigenvalue weighted by molar-refractivity contribution is 7.18. The van der Waals surface area contributed by atoms with Gasteiger partial charge in [0.2, 0.25) is 5.69 Å². The minimum absolute atomic E-state index is 0.0606. The molecule has 39 heavy (non-hydrogen) atoms. The highest BCUT2D eigenvalue weighted by Gasteiger charge is 2.29. The molecule has 2 aromatic carbocycles. The number of fused-ring (bicyclic) bond motifs is 1. The smallest absolute Gasteiger partial charge is 0.407 e. The summed E-state index contributed by atoms with van der Waals surface area (Å²) in [4.78, 5) is 32.2. The molecule has 0 spiro atoms. The predicted octanol–water partition coefficient (Wildman–Crippen LogP) is 7.04. The molecule has 1 aliphatic rings. The van der Waals surface area contributed by atoms with Gasteiger partial charge < -0.3 is 19.5 Å². The number of amides is 2. The van der Waals surface area contributed by atoms with Gasteiger partial charge in [-0.2, -0.15) is 0 Å². The van der Waals surface area contributed by atoms with Gasteiger partial charge in [0, 0.05) is 35.0 Å². The lowest BCUT2D eigenvalue weighted by Crippen LogP contribution is -2.50. The van der Waals surface area contributed by atoms with Crippen molar-refractivity contribution in [2.75, 3.05) is 13.1 Å². The third kappa shape index (κ3) is 5.78. The van der Waals surface area contributed by atoms with E-state index in [9.17, 15) is 14.0 Å². The Balaban J connectivity index is 1.46. The van der Waals surface area contributed by atoms with Crippen molar-refractivity contribution in [2.24, 2.45) is 0 Å². The van der Waals surface area contributed by atoms with E-state index >= 15 is 0 Å². The molecule has 1 saturated heterocycles. The van der Waals surface area contributed by atoms with Gasteiger partial charge in [-0.3, -0.25) is 4.79 Å². The van der Waals surface area contributed by atoms with Crippen molar-refractivity contribution in [3.8, 4) is 21.6 Å². The molecule has 1 aliphatic heterocycles. The first kappa shape index (κ1) is 26.4. The van der Waals surface area contributed by atoms with Crippen molar-refractivity contribution in [1.82, 2.24) is 15.4 Å². The number of aromatic nitrogens is 1. The molecule has 3 heterocycles. The van der Waals surface area contributed by atoms with E-state index in [1.54, 1.807) is 44.0 Å². The number of carbonyl (C=O) groups is 2. The zero-order chi connectivity index (χ0) is 27.7. The van der Waals surface area contributed by atoms with E-state index < -0.39 is 17.5 Å². The molecule has 1 fully saturated rings. The van der Waals surface area contributed by atoms with Gasteiger partial charge in [-0.05, 0) is 75.1 Å². The lowest BCUT2D eigenvalue weighted by atomic mass is 10.0. The molecular formula is C29H27FN4O4S. The monoisotopic (exact) mass is 546 g/mol. The molecule has 10 heteroatoms. The number of carbonyl (C=O) groups excluding carboxylic acids is 2. The van der Waals surface area contributed by atoms with Gasteiger partial charge in [0.05, 0.1) is 17.6 Å². The van der Waals surface area contributed by atoms with Crippen LogP contribution >= 0.6 is 11.3 Å². The normalized spacial score (nSPS) is 15.7. The molecule has 0 unspecified atom stereocenters. The number of ether oxygens (including phenoxy) is 1. The van der Waals surface area contributed by atoms with Crippen LogP contribution in [0.2, 0.25) is 0 Å². The number of thiophene rings is 1. The zero-order valence-corrected chi connectivity index (χ0v) is 22.6. The molecule has 200 valence electrons. The quantitative estimate of drug-likeness (QED) is 0.277. The van der Waals surface area contributed by atoms with Crippen LogP contribution in [0.4, 0.5) is 14.9 Å². The topological polar surface area (TPSA) is 89.0 Å². The fourth-order valence-corrected chi connectivity index (χ4v) is 5.76. The molecule has 1 atom stereocenters. The lowest BCUT2D eigenvalue weighted by Gasteiger charge is -2.33. The second-order valence-corrected chi connectivity index (χ2v) is 11.5. The van der Waals surface area contributed by atoms with Crippen molar-refractivity contribution < 1.29 is 23.2 Å². The number of nitrogens with zero attached hydrogens (tertiary/aromatic N) is 3. The maximum Gasteiger partial charge on any atom is 0.407 e. The van der Waals surface area contributed by atoms with Gasteiger partial charge in [-0.1, -0.05) is 17.3 Å². The highest BCUT2D eigenvalue weighted by Crippen LogP contribution is 2.42. The Morgan fingerprint density at radius 2 is 2.00 bits per heavy atom. The first-order chi connectivity index (χ1) is 18.6. The summed E-state index contributed by atoms with van der Waals surface area (Å²) in [5.74, 6) is -0.776. The molecule has 2 amide bonds. The molecule has 5 rings (SSSR count). The maximum atomic E-state index is 14.6. The zero-order valence-electron chi connectivity index (χ0n) is 21.8. The number of benzene rings is 2. The average Bonchev–Trinajstić information content (AvgIpc) is 3.54. The number of rotatable bonds is 4. The van der Waals surface area contributed by atoms with Crippen molar-refractivity contribution in [2.45, 2.75) is 45.3 Å². The van der Waals surface area contributed by atoms with Gasteiger partial charge in [0.15, 0.2) is 5.58 Å². The maximum absolute atomic E-state index is 14.6. The van der Waals surface area contributed by atoms with E-state index in [2.05, 4.69) is 15.3 Å². The average molecular weight is 547 g/mol. The molecular weight excluding hydrogens is 519 g/mol. The van der Waals surface area contributed by atoms with Crippen molar-refractivity contribution >= 4 is 40.0 Å². The second kappa shape index (κ2) is 10.5. The van der Waals surface area contributed by atoms with Crippen LogP contribution < -0.4 is 5.32 Å². The van der Waals surface area contributed by atoms with Gasteiger partial charge in [0.1, 0.15) is 11.4 Å². The summed E-state index contributed by atoms with van der Waals surface area (Å²) >= 11 is 1.32. The highest BCUT2D eigenvalue weighted by atomic mass is 32.1. The molecule has 2 aromatic heterocycles. The number of halogens is 1. The molecule has 0 radical (unpaired) electrons. The summed E-state index contributed by atoms with van der Waals surface area (Å²) in [6.07, 6.45) is 2.60. The van der Waals surface area contributed by atoms with Gasteiger partial charge in [-0.25, -0.2) is 14.0 Å². The second-order valence-electron chi connectivity index (χ2n) is 10.4. The van der Waals surface area contributed by atoms with Crippen molar-refractivity contribution in [3.63, 3.8) is 0 Å². The van der Waals surface area contributed by atoms with Crippen molar-refractivity contribution in [3.05, 3.63) is 70.8 Å². The van der Waals surface area contributed by atoms with Gasteiger partial charge >= 0.3 is 6.09 Å². The van der Waals surface area contributed by atoms with Crippen LogP contribution in [0.3, 0.4) is 0 Å². The number of alkyl carbamates (subject to hydrolysis) is 1. The van der Waals surface area contributed by atoms with Crippen LogP contribution in [0, 0.1) is 12.4 Å². The Morgan fingerprint density at radius 1 is 1.21 bits per heavy atom. The van der Waals surface area contributed by atoms with E-state index in [1.807, 2.05) is 18.2 Å². The van der Waals surface area contributed by atoms with Crippen molar-refractivity contribution in [1.29, 1.82) is 0 Å². The Kier molecular flexibility index (Phi) is 7.10. The SMILES string of the molecule is [C-]#[N+]c1ccc(-c2cc(C(=O)N3CCC[C@@H](NC(=O)OC(C)(C)C)C3)sc2-c2ccc3oncc3c2)cc1F. The molecule has 0 saturated carbocycles. The Hall–Kier alpha value is -4.23. The van der Waals surface area contributed by atoms with Crippen LogP contribution in [0.25, 0.3) is 37.4 Å². The minimum Gasteiger partial charge on any atom is -0.444 e. The fraction of sp³-hybridized carbons (Fsp3) is 0.310. The molecule has 4 aromatic rings. The number of hydrogen-bond acceptors (Lipinski definition) is 6. The van der Waals surface area contributed by atoms with E-state index in [-0.39, 0.29) is 17.6 Å². The summed E-state index contributed by atoms with van der Waals surface area (Å²) in [5.41, 5.74) is 2.06. The number of piperidine rings is 1. The first-order valence-corrected chi connectivity index (χ1v) is 13.4. The standard InChI is InChI=1S/C29H27FN4O4S/c1-29(2,3)37-28(36)33-20-6-5-11-34(16-20)27(35)25-14-21(17-7-9-23(31-4)22(30)13-17)26(39-25)18-8-10-24-19(12-18)15-32-38-24/h7-10,12-15,20H,5-6,11,16H2,1-3H3,(H,33,36)/t20-/m1/s1. The first-order valence-electron chi connectivity index (χ1n) is 12.6. The minimum atomic E-state index is -0.617.